The molecule has 4 amide bonds. The Labute approximate surface area is 180 Å². The van der Waals surface area contributed by atoms with Crippen LogP contribution >= 0.6 is 0 Å². The normalized spacial score (nSPS) is 24.8. The van der Waals surface area contributed by atoms with Crippen LogP contribution in [0.2, 0.25) is 0 Å². The van der Waals surface area contributed by atoms with E-state index in [0.29, 0.717) is 12.0 Å². The minimum absolute atomic E-state index is 0.0231. The van der Waals surface area contributed by atoms with E-state index in [1.165, 1.54) is 0 Å². The summed E-state index contributed by atoms with van der Waals surface area (Å²) < 4.78 is 23.2. The first kappa shape index (κ1) is 21.0. The number of amides is 4. The van der Waals surface area contributed by atoms with E-state index in [4.69, 9.17) is 0 Å². The van der Waals surface area contributed by atoms with E-state index >= 15 is 0 Å². The Morgan fingerprint density at radius 1 is 1.06 bits per heavy atom. The number of nitrogens with zero attached hydrogens (tertiary/aromatic N) is 1. The number of imide groups is 1. The van der Waals surface area contributed by atoms with E-state index in [1.807, 2.05) is 36.4 Å². The van der Waals surface area contributed by atoms with Gasteiger partial charge in [-0.3, -0.25) is 14.5 Å². The summed E-state index contributed by atoms with van der Waals surface area (Å²) in [4.78, 5) is 39.6. The van der Waals surface area contributed by atoms with Crippen LogP contribution in [-0.4, -0.2) is 55.3 Å². The van der Waals surface area contributed by atoms with E-state index in [0.717, 1.165) is 10.5 Å². The maximum Gasteiger partial charge on any atom is 0.325 e. The van der Waals surface area contributed by atoms with Crippen LogP contribution in [0, 0.1) is 0 Å². The lowest BCUT2D eigenvalue weighted by Gasteiger charge is -2.27. The molecule has 2 heterocycles. The van der Waals surface area contributed by atoms with Crippen molar-refractivity contribution >= 4 is 27.7 Å². The van der Waals surface area contributed by atoms with Gasteiger partial charge < -0.3 is 10.6 Å². The van der Waals surface area contributed by atoms with Gasteiger partial charge in [0.25, 0.3) is 5.91 Å². The fourth-order valence-electron chi connectivity index (χ4n) is 4.14. The summed E-state index contributed by atoms with van der Waals surface area (Å²) in [6.45, 7) is -0.468. The molecule has 31 heavy (non-hydrogen) atoms. The van der Waals surface area contributed by atoms with Gasteiger partial charge in [-0.15, -0.1) is 0 Å². The number of carbonyl (C=O) groups is 3. The molecule has 2 saturated heterocycles. The third-order valence-corrected chi connectivity index (χ3v) is 7.42. The number of hydrogen-bond acceptors (Lipinski definition) is 5. The maximum atomic E-state index is 13.5. The number of sulfone groups is 1. The van der Waals surface area contributed by atoms with Gasteiger partial charge in [0.15, 0.2) is 15.4 Å². The van der Waals surface area contributed by atoms with Crippen LogP contribution < -0.4 is 10.6 Å². The van der Waals surface area contributed by atoms with Crippen molar-refractivity contribution in [1.82, 2.24) is 15.5 Å². The minimum Gasteiger partial charge on any atom is -0.351 e. The van der Waals surface area contributed by atoms with Crippen molar-refractivity contribution in [1.29, 1.82) is 0 Å². The van der Waals surface area contributed by atoms with Crippen molar-refractivity contribution in [2.24, 2.45) is 0 Å². The molecule has 2 atom stereocenters. The fourth-order valence-corrected chi connectivity index (χ4v) is 5.81. The molecule has 0 spiro atoms. The number of carbonyl (C=O) groups excluding carboxylic acids is 3. The van der Waals surface area contributed by atoms with Crippen molar-refractivity contribution in [3.05, 3.63) is 71.8 Å². The van der Waals surface area contributed by atoms with E-state index in [-0.39, 0.29) is 17.9 Å². The van der Waals surface area contributed by atoms with Gasteiger partial charge in [-0.25, -0.2) is 13.2 Å². The largest absolute Gasteiger partial charge is 0.351 e. The summed E-state index contributed by atoms with van der Waals surface area (Å²) >= 11 is 0. The van der Waals surface area contributed by atoms with Crippen LogP contribution in [-0.2, 0) is 31.4 Å². The lowest BCUT2D eigenvalue weighted by atomic mass is 9.83. The zero-order valence-corrected chi connectivity index (χ0v) is 17.6. The molecule has 2 aliphatic rings. The summed E-state index contributed by atoms with van der Waals surface area (Å²) in [6, 6.07) is 17.1. The van der Waals surface area contributed by atoms with Crippen molar-refractivity contribution in [3.8, 4) is 0 Å². The third kappa shape index (κ3) is 4.32. The Balaban J connectivity index is 1.56. The first-order valence-electron chi connectivity index (χ1n) is 10.0. The van der Waals surface area contributed by atoms with E-state index in [1.54, 1.807) is 24.3 Å². The molecule has 2 N–H and O–H groups in total. The molecule has 2 fully saturated rings. The molecule has 0 aromatic heterocycles. The molecule has 0 saturated carbocycles. The van der Waals surface area contributed by atoms with Crippen LogP contribution in [0.3, 0.4) is 0 Å². The van der Waals surface area contributed by atoms with Crippen LogP contribution in [0.1, 0.15) is 17.5 Å². The molecule has 2 aliphatic heterocycles. The van der Waals surface area contributed by atoms with Crippen LogP contribution in [0.5, 0.6) is 0 Å². The molecule has 0 unspecified atom stereocenters. The van der Waals surface area contributed by atoms with Crippen LogP contribution in [0.25, 0.3) is 0 Å². The number of nitrogens with one attached hydrogen (secondary N) is 2. The van der Waals surface area contributed by atoms with Gasteiger partial charge in [0.1, 0.15) is 6.54 Å². The average Bonchev–Trinajstić information content (AvgIpc) is 3.20. The van der Waals surface area contributed by atoms with Gasteiger partial charge >= 0.3 is 6.03 Å². The molecule has 4 rings (SSSR count). The smallest absolute Gasteiger partial charge is 0.325 e. The highest BCUT2D eigenvalue weighted by molar-refractivity contribution is 7.91. The van der Waals surface area contributed by atoms with Gasteiger partial charge in [-0.1, -0.05) is 60.7 Å². The van der Waals surface area contributed by atoms with Crippen molar-refractivity contribution in [3.63, 3.8) is 0 Å². The van der Waals surface area contributed by atoms with Crippen molar-refractivity contribution < 1.29 is 22.8 Å². The highest BCUT2D eigenvalue weighted by atomic mass is 32.2. The summed E-state index contributed by atoms with van der Waals surface area (Å²) in [5.41, 5.74) is 0.168. The highest BCUT2D eigenvalue weighted by Crippen LogP contribution is 2.33. The monoisotopic (exact) mass is 441 g/mol. The lowest BCUT2D eigenvalue weighted by Crippen LogP contribution is -2.47. The zero-order chi connectivity index (χ0) is 22.1. The zero-order valence-electron chi connectivity index (χ0n) is 16.8. The molecule has 0 bridgehead atoms. The summed E-state index contributed by atoms with van der Waals surface area (Å²) in [6.07, 6.45) is 0.567. The van der Waals surface area contributed by atoms with E-state index in [2.05, 4.69) is 10.6 Å². The Hall–Kier alpha value is -3.20. The molecule has 2 aromatic rings. The minimum atomic E-state index is -3.15. The molecular weight excluding hydrogens is 418 g/mol. The number of rotatable bonds is 6. The Kier molecular flexibility index (Phi) is 5.53. The Bertz CT molecular complexity index is 1100. The summed E-state index contributed by atoms with van der Waals surface area (Å²) in [5.74, 6) is -1.17. The lowest BCUT2D eigenvalue weighted by molar-refractivity contribution is -0.135. The third-order valence-electron chi connectivity index (χ3n) is 5.65. The van der Waals surface area contributed by atoms with Crippen molar-refractivity contribution in [2.45, 2.75) is 24.4 Å². The Morgan fingerprint density at radius 3 is 2.32 bits per heavy atom. The quantitative estimate of drug-likeness (QED) is 0.649. The second kappa shape index (κ2) is 8.14. The first-order valence-corrected chi connectivity index (χ1v) is 11.8. The maximum absolute atomic E-state index is 13.5. The number of benzene rings is 2. The fraction of sp³-hybridized carbons (Fsp3) is 0.318. The van der Waals surface area contributed by atoms with Gasteiger partial charge in [0.05, 0.1) is 11.5 Å². The van der Waals surface area contributed by atoms with Gasteiger partial charge in [-0.2, -0.15) is 0 Å². The van der Waals surface area contributed by atoms with Crippen molar-refractivity contribution in [2.75, 3.05) is 18.1 Å². The van der Waals surface area contributed by atoms with Gasteiger partial charge in [0.2, 0.25) is 5.91 Å². The first-order chi connectivity index (χ1) is 14.8. The van der Waals surface area contributed by atoms with Gasteiger partial charge in [0, 0.05) is 12.5 Å². The predicted octanol–water partition coefficient (Wildman–Crippen LogP) is 0.980. The SMILES string of the molecule is O=C(CN1C(=O)N[C@](Cc2ccccc2)(c2ccccc2)C1=O)N[C@@H]1CCS(=O)(=O)C1. The average molecular weight is 442 g/mol. The molecule has 9 heteroatoms. The molecule has 2 aromatic carbocycles. The number of urea groups is 1. The summed E-state index contributed by atoms with van der Waals surface area (Å²) in [7, 11) is -3.15. The van der Waals surface area contributed by atoms with E-state index in [9.17, 15) is 22.8 Å². The highest BCUT2D eigenvalue weighted by Gasteiger charge is 2.52. The Morgan fingerprint density at radius 2 is 1.71 bits per heavy atom. The molecule has 162 valence electrons. The molecule has 8 nitrogen and oxygen atoms in total. The standard InChI is InChI=1S/C22H23N3O5S/c26-19(23-18-11-12-31(29,30)15-18)14-25-20(27)22(24-21(25)28,17-9-5-2-6-10-17)13-16-7-3-1-4-8-16/h1-10,18H,11-15H2,(H,23,26)(H,24,28)/t18-,22-/m1/s1. The van der Waals surface area contributed by atoms with Gasteiger partial charge in [-0.05, 0) is 17.5 Å². The molecular formula is C22H23N3O5S. The van der Waals surface area contributed by atoms with Crippen LogP contribution in [0.4, 0.5) is 4.79 Å². The number of hydrogen-bond donors (Lipinski definition) is 2. The molecule has 0 radical (unpaired) electrons. The summed E-state index contributed by atoms with van der Waals surface area (Å²) in [5, 5.41) is 5.43. The second-order valence-corrected chi connectivity index (χ2v) is 10.2. The van der Waals surface area contributed by atoms with Crippen LogP contribution in [0.15, 0.2) is 60.7 Å². The van der Waals surface area contributed by atoms with E-state index < -0.39 is 45.8 Å². The molecule has 0 aliphatic carbocycles. The second-order valence-electron chi connectivity index (χ2n) is 7.92. The topological polar surface area (TPSA) is 113 Å². The predicted molar refractivity (Wildman–Crippen MR) is 114 cm³/mol.